The lowest BCUT2D eigenvalue weighted by molar-refractivity contribution is 0.208. The summed E-state index contributed by atoms with van der Waals surface area (Å²) < 4.78 is 0. The highest BCUT2D eigenvalue weighted by atomic mass is 16.2. The van der Waals surface area contributed by atoms with Crippen LogP contribution in [0, 0.1) is 0 Å². The molecule has 0 spiro atoms. The molecule has 3 rings (SSSR count). The van der Waals surface area contributed by atoms with Gasteiger partial charge in [-0.25, -0.2) is 14.8 Å². The lowest BCUT2D eigenvalue weighted by Gasteiger charge is -2.35. The summed E-state index contributed by atoms with van der Waals surface area (Å²) >= 11 is 0. The average molecular weight is 327 g/mol. The fourth-order valence-corrected chi connectivity index (χ4v) is 2.52. The van der Waals surface area contributed by atoms with Crippen molar-refractivity contribution in [2.75, 3.05) is 55.4 Å². The third-order valence-electron chi connectivity index (χ3n) is 3.90. The van der Waals surface area contributed by atoms with Crippen LogP contribution in [-0.4, -0.2) is 66.2 Å². The standard InChI is InChI=1S/C16H21N7O/c1-21(2)14-4-3-13(11-19-14)20-16(24)23-9-7-22(8-10-23)15-12-17-5-6-18-15/h3-6,11-12H,7-10H2,1-2H3,(H,20,24). The predicted molar refractivity (Wildman–Crippen MR) is 93.4 cm³/mol. The topological polar surface area (TPSA) is 77.5 Å². The molecule has 1 aliphatic heterocycles. The maximum absolute atomic E-state index is 12.4. The Morgan fingerprint density at radius 2 is 1.88 bits per heavy atom. The number of aromatic nitrogens is 3. The van der Waals surface area contributed by atoms with Crippen LogP contribution >= 0.6 is 0 Å². The van der Waals surface area contributed by atoms with E-state index in [1.54, 1.807) is 29.7 Å². The summed E-state index contributed by atoms with van der Waals surface area (Å²) in [6.45, 7) is 2.77. The van der Waals surface area contributed by atoms with E-state index in [0.717, 1.165) is 24.7 Å². The van der Waals surface area contributed by atoms with Gasteiger partial charge in [0.15, 0.2) is 0 Å². The minimum Gasteiger partial charge on any atom is -0.363 e. The van der Waals surface area contributed by atoms with Gasteiger partial charge in [-0.05, 0) is 12.1 Å². The average Bonchev–Trinajstić information content (AvgIpc) is 2.63. The van der Waals surface area contributed by atoms with E-state index in [0.29, 0.717) is 18.8 Å². The normalized spacial score (nSPS) is 14.4. The molecule has 0 radical (unpaired) electrons. The molecule has 8 heteroatoms. The van der Waals surface area contributed by atoms with Gasteiger partial charge in [0.05, 0.1) is 18.1 Å². The van der Waals surface area contributed by atoms with Gasteiger partial charge in [-0.2, -0.15) is 0 Å². The van der Waals surface area contributed by atoms with Crippen LogP contribution in [0.5, 0.6) is 0 Å². The van der Waals surface area contributed by atoms with E-state index < -0.39 is 0 Å². The van der Waals surface area contributed by atoms with E-state index in [2.05, 4.69) is 25.2 Å². The molecule has 1 fully saturated rings. The number of anilines is 3. The van der Waals surface area contributed by atoms with E-state index in [4.69, 9.17) is 0 Å². The van der Waals surface area contributed by atoms with Crippen molar-refractivity contribution in [1.29, 1.82) is 0 Å². The van der Waals surface area contributed by atoms with Crippen LogP contribution in [-0.2, 0) is 0 Å². The number of urea groups is 1. The second-order valence-electron chi connectivity index (χ2n) is 5.77. The maximum Gasteiger partial charge on any atom is 0.322 e. The molecule has 2 aromatic rings. The van der Waals surface area contributed by atoms with Gasteiger partial charge in [-0.3, -0.25) is 4.98 Å². The van der Waals surface area contributed by atoms with Gasteiger partial charge in [0.2, 0.25) is 0 Å². The van der Waals surface area contributed by atoms with Crippen molar-refractivity contribution in [2.24, 2.45) is 0 Å². The molecule has 24 heavy (non-hydrogen) atoms. The molecule has 2 amide bonds. The zero-order chi connectivity index (χ0) is 16.9. The summed E-state index contributed by atoms with van der Waals surface area (Å²) in [5.74, 6) is 1.70. The van der Waals surface area contributed by atoms with Crippen molar-refractivity contribution in [1.82, 2.24) is 19.9 Å². The molecule has 126 valence electrons. The Labute approximate surface area is 141 Å². The molecule has 1 saturated heterocycles. The summed E-state index contributed by atoms with van der Waals surface area (Å²) in [5, 5.41) is 2.89. The first kappa shape index (κ1) is 16.0. The van der Waals surface area contributed by atoms with Gasteiger partial charge in [0, 0.05) is 52.7 Å². The largest absolute Gasteiger partial charge is 0.363 e. The first-order chi connectivity index (χ1) is 11.6. The number of amides is 2. The highest BCUT2D eigenvalue weighted by Crippen LogP contribution is 2.14. The van der Waals surface area contributed by atoms with Gasteiger partial charge >= 0.3 is 6.03 Å². The quantitative estimate of drug-likeness (QED) is 0.915. The van der Waals surface area contributed by atoms with Crippen molar-refractivity contribution in [2.45, 2.75) is 0 Å². The zero-order valence-electron chi connectivity index (χ0n) is 13.9. The van der Waals surface area contributed by atoms with Crippen molar-refractivity contribution in [3.05, 3.63) is 36.9 Å². The first-order valence-electron chi connectivity index (χ1n) is 7.84. The molecule has 2 aromatic heterocycles. The van der Waals surface area contributed by atoms with Crippen LogP contribution in [0.2, 0.25) is 0 Å². The summed E-state index contributed by atoms with van der Waals surface area (Å²) in [6.07, 6.45) is 6.75. The number of carbonyl (C=O) groups is 1. The fraction of sp³-hybridized carbons (Fsp3) is 0.375. The summed E-state index contributed by atoms with van der Waals surface area (Å²) in [6, 6.07) is 3.63. The predicted octanol–water partition coefficient (Wildman–Crippen LogP) is 1.29. The van der Waals surface area contributed by atoms with Crippen LogP contribution in [0.25, 0.3) is 0 Å². The zero-order valence-corrected chi connectivity index (χ0v) is 13.9. The fourth-order valence-electron chi connectivity index (χ4n) is 2.52. The molecule has 0 saturated carbocycles. The Balaban J connectivity index is 1.53. The number of nitrogens with one attached hydrogen (secondary N) is 1. The Kier molecular flexibility index (Phi) is 4.74. The highest BCUT2D eigenvalue weighted by Gasteiger charge is 2.22. The molecular formula is C16H21N7O. The van der Waals surface area contributed by atoms with Gasteiger partial charge in [0.25, 0.3) is 0 Å². The number of carbonyl (C=O) groups excluding carboxylic acids is 1. The van der Waals surface area contributed by atoms with Crippen LogP contribution in [0.15, 0.2) is 36.9 Å². The molecule has 0 aromatic carbocycles. The molecular weight excluding hydrogens is 306 g/mol. The van der Waals surface area contributed by atoms with Gasteiger partial charge in [0.1, 0.15) is 11.6 Å². The lowest BCUT2D eigenvalue weighted by Crippen LogP contribution is -2.50. The number of hydrogen-bond donors (Lipinski definition) is 1. The third-order valence-corrected chi connectivity index (χ3v) is 3.90. The van der Waals surface area contributed by atoms with Gasteiger partial charge in [-0.1, -0.05) is 0 Å². The molecule has 1 N–H and O–H groups in total. The SMILES string of the molecule is CN(C)c1ccc(NC(=O)N2CCN(c3cnccn3)CC2)cn1. The monoisotopic (exact) mass is 327 g/mol. The van der Waals surface area contributed by atoms with Crippen molar-refractivity contribution < 1.29 is 4.79 Å². The van der Waals surface area contributed by atoms with Gasteiger partial charge in [-0.15, -0.1) is 0 Å². The third kappa shape index (κ3) is 3.70. The van der Waals surface area contributed by atoms with Crippen molar-refractivity contribution in [3.63, 3.8) is 0 Å². The van der Waals surface area contributed by atoms with E-state index >= 15 is 0 Å². The minimum atomic E-state index is -0.104. The summed E-state index contributed by atoms with van der Waals surface area (Å²) in [5.41, 5.74) is 0.696. The van der Waals surface area contributed by atoms with E-state index in [-0.39, 0.29) is 6.03 Å². The molecule has 0 aliphatic carbocycles. The Morgan fingerprint density at radius 1 is 1.08 bits per heavy atom. The maximum atomic E-state index is 12.4. The van der Waals surface area contributed by atoms with Crippen LogP contribution in [0.1, 0.15) is 0 Å². The van der Waals surface area contributed by atoms with E-state index in [9.17, 15) is 4.79 Å². The molecule has 0 bridgehead atoms. The number of hydrogen-bond acceptors (Lipinski definition) is 6. The second-order valence-corrected chi connectivity index (χ2v) is 5.77. The Morgan fingerprint density at radius 3 is 2.46 bits per heavy atom. The molecule has 0 unspecified atom stereocenters. The molecule has 3 heterocycles. The number of nitrogens with zero attached hydrogens (tertiary/aromatic N) is 6. The number of piperazine rings is 1. The summed E-state index contributed by atoms with van der Waals surface area (Å²) in [4.78, 5) is 30.9. The smallest absolute Gasteiger partial charge is 0.322 e. The molecule has 1 aliphatic rings. The van der Waals surface area contributed by atoms with E-state index in [1.807, 2.05) is 31.1 Å². The Hall–Kier alpha value is -2.90. The summed E-state index contributed by atoms with van der Waals surface area (Å²) in [7, 11) is 3.86. The Bertz CT molecular complexity index is 667. The minimum absolute atomic E-state index is 0.104. The van der Waals surface area contributed by atoms with Crippen LogP contribution in [0.4, 0.5) is 22.1 Å². The van der Waals surface area contributed by atoms with Crippen LogP contribution in [0.3, 0.4) is 0 Å². The first-order valence-corrected chi connectivity index (χ1v) is 7.84. The van der Waals surface area contributed by atoms with Crippen molar-refractivity contribution >= 4 is 23.4 Å². The van der Waals surface area contributed by atoms with Gasteiger partial charge < -0.3 is 20.0 Å². The number of pyridine rings is 1. The molecule has 8 nitrogen and oxygen atoms in total. The lowest BCUT2D eigenvalue weighted by atomic mass is 10.3. The second kappa shape index (κ2) is 7.12. The molecule has 0 atom stereocenters. The van der Waals surface area contributed by atoms with E-state index in [1.165, 1.54) is 0 Å². The highest BCUT2D eigenvalue weighted by molar-refractivity contribution is 5.89. The van der Waals surface area contributed by atoms with Crippen LogP contribution < -0.4 is 15.1 Å². The number of rotatable bonds is 3. The van der Waals surface area contributed by atoms with Crippen molar-refractivity contribution in [3.8, 4) is 0 Å².